The lowest BCUT2D eigenvalue weighted by Gasteiger charge is -2.60. The molecule has 19 heavy (non-hydrogen) atoms. The van der Waals surface area contributed by atoms with Crippen LogP contribution in [0.15, 0.2) is 0 Å². The zero-order chi connectivity index (χ0) is 13.5. The summed E-state index contributed by atoms with van der Waals surface area (Å²) in [7, 11) is 1.63. The van der Waals surface area contributed by atoms with Crippen molar-refractivity contribution in [1.29, 1.82) is 0 Å². The van der Waals surface area contributed by atoms with Gasteiger partial charge >= 0.3 is 6.03 Å². The lowest BCUT2D eigenvalue weighted by molar-refractivity contribution is -0.000229. The Morgan fingerprint density at radius 1 is 1.32 bits per heavy atom. The van der Waals surface area contributed by atoms with E-state index in [1.807, 2.05) is 0 Å². The summed E-state index contributed by atoms with van der Waals surface area (Å²) in [5, 5.41) is 6.07. The minimum Gasteiger partial charge on any atom is -0.383 e. The van der Waals surface area contributed by atoms with Crippen LogP contribution in [0.1, 0.15) is 38.5 Å². The first-order valence-electron chi connectivity index (χ1n) is 7.26. The number of urea groups is 1. The Morgan fingerprint density at radius 2 is 2.00 bits per heavy atom. The van der Waals surface area contributed by atoms with Crippen molar-refractivity contribution in [2.75, 3.05) is 20.3 Å². The molecule has 4 rings (SSSR count). The van der Waals surface area contributed by atoms with E-state index in [0.717, 1.165) is 32.1 Å². The molecule has 5 heteroatoms. The molecule has 2 atom stereocenters. The number of carbonyl (C=O) groups is 1. The molecule has 0 aliphatic heterocycles. The molecule has 0 radical (unpaired) electrons. The molecular formula is C14H23ClN2O2. The highest BCUT2D eigenvalue weighted by molar-refractivity contribution is 6.24. The van der Waals surface area contributed by atoms with Crippen LogP contribution in [0.3, 0.4) is 0 Å². The number of rotatable bonds is 4. The van der Waals surface area contributed by atoms with Gasteiger partial charge in [0.2, 0.25) is 0 Å². The van der Waals surface area contributed by atoms with Gasteiger partial charge in [-0.1, -0.05) is 0 Å². The Kier molecular flexibility index (Phi) is 3.42. The van der Waals surface area contributed by atoms with Crippen molar-refractivity contribution < 1.29 is 9.53 Å². The quantitative estimate of drug-likeness (QED) is 0.615. The Balaban J connectivity index is 1.62. The van der Waals surface area contributed by atoms with Gasteiger partial charge in [0, 0.05) is 24.1 Å². The molecule has 4 bridgehead atoms. The van der Waals surface area contributed by atoms with Gasteiger partial charge < -0.3 is 15.4 Å². The standard InChI is InChI=1S/C14H23ClN2O2/c1-19-3-2-16-12(18)17-14-7-10-4-11(8-14)6-13(15,5-10)9-14/h10-11H,2-9H2,1H3,(H2,16,17,18)/t10-,11-,13?,14?/m0/s1. The molecule has 4 aliphatic rings. The first-order valence-corrected chi connectivity index (χ1v) is 7.64. The van der Waals surface area contributed by atoms with Crippen molar-refractivity contribution in [3.05, 3.63) is 0 Å². The van der Waals surface area contributed by atoms with Gasteiger partial charge in [-0.2, -0.15) is 0 Å². The fraction of sp³-hybridized carbons (Fsp3) is 0.929. The molecule has 2 amide bonds. The molecule has 4 saturated carbocycles. The van der Waals surface area contributed by atoms with Gasteiger partial charge in [0.1, 0.15) is 0 Å². The van der Waals surface area contributed by atoms with Gasteiger partial charge in [0.25, 0.3) is 0 Å². The van der Waals surface area contributed by atoms with E-state index in [0.29, 0.717) is 25.0 Å². The Labute approximate surface area is 119 Å². The second-order valence-corrected chi connectivity index (χ2v) is 7.57. The lowest BCUT2D eigenvalue weighted by Crippen LogP contribution is -2.65. The van der Waals surface area contributed by atoms with E-state index in [2.05, 4.69) is 10.6 Å². The van der Waals surface area contributed by atoms with E-state index >= 15 is 0 Å². The first-order chi connectivity index (χ1) is 9.03. The maximum absolute atomic E-state index is 12.0. The molecular weight excluding hydrogens is 264 g/mol. The van der Waals surface area contributed by atoms with Crippen molar-refractivity contribution in [2.45, 2.75) is 48.9 Å². The van der Waals surface area contributed by atoms with Crippen molar-refractivity contribution >= 4 is 17.6 Å². The number of alkyl halides is 1. The lowest BCUT2D eigenvalue weighted by atomic mass is 9.52. The molecule has 0 aromatic heterocycles. The highest BCUT2D eigenvalue weighted by atomic mass is 35.5. The summed E-state index contributed by atoms with van der Waals surface area (Å²) in [6, 6.07) is -0.0701. The first kappa shape index (κ1) is 13.5. The third-order valence-electron chi connectivity index (χ3n) is 4.96. The van der Waals surface area contributed by atoms with Crippen LogP contribution < -0.4 is 10.6 Å². The number of ether oxygens (including phenoxy) is 1. The van der Waals surface area contributed by atoms with Crippen LogP contribution in [-0.4, -0.2) is 36.7 Å². The summed E-state index contributed by atoms with van der Waals surface area (Å²) in [6.07, 6.45) is 6.74. The summed E-state index contributed by atoms with van der Waals surface area (Å²) in [5.41, 5.74) is -0.0526. The number of methoxy groups -OCH3 is 1. The van der Waals surface area contributed by atoms with Gasteiger partial charge in [-0.05, 0) is 50.4 Å². The Bertz CT molecular complexity index is 360. The molecule has 0 saturated heterocycles. The average Bonchev–Trinajstić information content (AvgIpc) is 2.24. The largest absolute Gasteiger partial charge is 0.383 e. The summed E-state index contributed by atoms with van der Waals surface area (Å²) in [6.45, 7) is 1.10. The maximum atomic E-state index is 12.0. The topological polar surface area (TPSA) is 50.4 Å². The average molecular weight is 287 g/mol. The zero-order valence-corrected chi connectivity index (χ0v) is 12.3. The van der Waals surface area contributed by atoms with Crippen LogP contribution in [0.25, 0.3) is 0 Å². The molecule has 108 valence electrons. The second kappa shape index (κ2) is 4.81. The van der Waals surface area contributed by atoms with E-state index in [9.17, 15) is 4.79 Å². The summed E-state index contributed by atoms with van der Waals surface area (Å²) >= 11 is 6.74. The molecule has 0 heterocycles. The van der Waals surface area contributed by atoms with E-state index in [1.165, 1.54) is 6.42 Å². The molecule has 4 nitrogen and oxygen atoms in total. The van der Waals surface area contributed by atoms with E-state index in [-0.39, 0.29) is 16.4 Å². The number of amides is 2. The summed E-state index contributed by atoms with van der Waals surface area (Å²) in [4.78, 5) is 11.9. The van der Waals surface area contributed by atoms with Crippen LogP contribution in [0.5, 0.6) is 0 Å². The number of carbonyl (C=O) groups excluding carboxylic acids is 1. The normalized spacial score (nSPS) is 43.3. The molecule has 0 aromatic carbocycles. The van der Waals surface area contributed by atoms with Crippen LogP contribution in [0.2, 0.25) is 0 Å². The van der Waals surface area contributed by atoms with E-state index in [4.69, 9.17) is 16.3 Å². The van der Waals surface area contributed by atoms with Crippen LogP contribution in [0.4, 0.5) is 4.79 Å². The number of halogens is 1. The Hall–Kier alpha value is -0.480. The van der Waals surface area contributed by atoms with Crippen molar-refractivity contribution in [3.8, 4) is 0 Å². The van der Waals surface area contributed by atoms with Crippen molar-refractivity contribution in [2.24, 2.45) is 11.8 Å². The monoisotopic (exact) mass is 286 g/mol. The zero-order valence-electron chi connectivity index (χ0n) is 11.5. The van der Waals surface area contributed by atoms with Crippen LogP contribution in [0, 0.1) is 11.8 Å². The predicted molar refractivity (Wildman–Crippen MR) is 74.4 cm³/mol. The van der Waals surface area contributed by atoms with Gasteiger partial charge in [0.05, 0.1) is 6.61 Å². The predicted octanol–water partition coefficient (Wildman–Crippen LogP) is 2.26. The SMILES string of the molecule is COCCNC(=O)NC12C[C@H]3C[C@@H](CC(Cl)(C3)C1)C2. The fourth-order valence-electron chi connectivity index (χ4n) is 4.85. The van der Waals surface area contributed by atoms with Gasteiger partial charge in [0.15, 0.2) is 0 Å². The minimum atomic E-state index is -0.0701. The van der Waals surface area contributed by atoms with E-state index in [1.54, 1.807) is 7.11 Å². The molecule has 0 unspecified atom stereocenters. The van der Waals surface area contributed by atoms with Gasteiger partial charge in [-0.15, -0.1) is 11.6 Å². The maximum Gasteiger partial charge on any atom is 0.315 e. The highest BCUT2D eigenvalue weighted by Gasteiger charge is 2.57. The van der Waals surface area contributed by atoms with Crippen LogP contribution in [-0.2, 0) is 4.74 Å². The fourth-order valence-corrected chi connectivity index (χ4v) is 5.54. The third kappa shape index (κ3) is 2.70. The second-order valence-electron chi connectivity index (χ2n) is 6.77. The minimum absolute atomic E-state index is 0.0517. The smallest absolute Gasteiger partial charge is 0.315 e. The molecule has 4 aliphatic carbocycles. The third-order valence-corrected chi connectivity index (χ3v) is 5.40. The highest BCUT2D eigenvalue weighted by Crippen LogP contribution is 2.59. The van der Waals surface area contributed by atoms with Crippen molar-refractivity contribution in [3.63, 3.8) is 0 Å². The van der Waals surface area contributed by atoms with Crippen LogP contribution >= 0.6 is 11.6 Å². The summed E-state index contributed by atoms with van der Waals surface area (Å²) in [5.74, 6) is 1.41. The van der Waals surface area contributed by atoms with Gasteiger partial charge in [-0.25, -0.2) is 4.79 Å². The summed E-state index contributed by atoms with van der Waals surface area (Å²) < 4.78 is 4.94. The van der Waals surface area contributed by atoms with E-state index < -0.39 is 0 Å². The molecule has 4 fully saturated rings. The Morgan fingerprint density at radius 3 is 2.58 bits per heavy atom. The molecule has 0 aromatic rings. The molecule has 0 spiro atoms. The molecule has 2 N–H and O–H groups in total. The number of nitrogens with one attached hydrogen (secondary N) is 2. The van der Waals surface area contributed by atoms with Gasteiger partial charge in [-0.3, -0.25) is 0 Å². The number of hydrogen-bond acceptors (Lipinski definition) is 2. The number of hydrogen-bond donors (Lipinski definition) is 2. The van der Waals surface area contributed by atoms with Crippen molar-refractivity contribution in [1.82, 2.24) is 10.6 Å².